The Kier molecular flexibility index (Phi) is 2.05. The molecular weight excluding hydrogens is 156 g/mol. The first-order valence-corrected chi connectivity index (χ1v) is 4.56. The van der Waals surface area contributed by atoms with Gasteiger partial charge in [-0.25, -0.2) is 0 Å². The van der Waals surface area contributed by atoms with Gasteiger partial charge in [0.2, 0.25) is 0 Å². The predicted octanol–water partition coefficient (Wildman–Crippen LogP) is 3.27. The Labute approximate surface area is 79.6 Å². The molecule has 1 radical (unpaired) electrons. The Hall–Kier alpha value is -1.30. The topological polar surface area (TPSA) is 0 Å². The maximum Gasteiger partial charge on any atom is 0.0170 e. The second-order valence-corrected chi connectivity index (χ2v) is 3.51. The quantitative estimate of drug-likeness (QED) is 0.605. The number of benzene rings is 1. The van der Waals surface area contributed by atoms with Gasteiger partial charge in [-0.05, 0) is 18.9 Å². The van der Waals surface area contributed by atoms with Crippen molar-refractivity contribution < 1.29 is 0 Å². The van der Waals surface area contributed by atoms with E-state index >= 15 is 0 Å². The van der Waals surface area contributed by atoms with E-state index in [1.165, 1.54) is 5.56 Å². The minimum atomic E-state index is -0.0456. The molecule has 0 aromatic heterocycles. The molecule has 65 valence electrons. The van der Waals surface area contributed by atoms with E-state index in [1.54, 1.807) is 0 Å². The van der Waals surface area contributed by atoms with E-state index in [0.29, 0.717) is 0 Å². The molecule has 0 saturated heterocycles. The van der Waals surface area contributed by atoms with Crippen LogP contribution in [0, 0.1) is 6.92 Å². The van der Waals surface area contributed by atoms with Crippen molar-refractivity contribution in [1.82, 2.24) is 0 Å². The van der Waals surface area contributed by atoms with E-state index in [2.05, 4.69) is 55.5 Å². The molecule has 13 heavy (non-hydrogen) atoms. The number of allylic oxidation sites excluding steroid dienone is 4. The van der Waals surface area contributed by atoms with Gasteiger partial charge in [-0.2, -0.15) is 0 Å². The van der Waals surface area contributed by atoms with E-state index in [0.717, 1.165) is 6.42 Å². The SMILES string of the molecule is [CH2]C1(c2ccccc2)C=CC=CC1. The second-order valence-electron chi connectivity index (χ2n) is 3.51. The lowest BCUT2D eigenvalue weighted by Crippen LogP contribution is -2.19. The minimum Gasteiger partial charge on any atom is -0.0833 e. The van der Waals surface area contributed by atoms with Gasteiger partial charge >= 0.3 is 0 Å². The van der Waals surface area contributed by atoms with Gasteiger partial charge in [0.1, 0.15) is 0 Å². The summed E-state index contributed by atoms with van der Waals surface area (Å²) in [7, 11) is 0. The zero-order valence-corrected chi connectivity index (χ0v) is 7.61. The van der Waals surface area contributed by atoms with Crippen molar-refractivity contribution in [2.75, 3.05) is 0 Å². The molecule has 0 heteroatoms. The van der Waals surface area contributed by atoms with Crippen LogP contribution >= 0.6 is 0 Å². The molecule has 0 N–H and O–H groups in total. The van der Waals surface area contributed by atoms with Crippen molar-refractivity contribution in [2.45, 2.75) is 11.8 Å². The van der Waals surface area contributed by atoms with Gasteiger partial charge in [-0.3, -0.25) is 0 Å². The second kappa shape index (κ2) is 3.21. The summed E-state index contributed by atoms with van der Waals surface area (Å²) >= 11 is 0. The molecule has 1 atom stereocenters. The van der Waals surface area contributed by atoms with Crippen LogP contribution in [0.25, 0.3) is 0 Å². The first-order valence-electron chi connectivity index (χ1n) is 4.56. The maximum absolute atomic E-state index is 4.26. The highest BCUT2D eigenvalue weighted by Crippen LogP contribution is 2.31. The molecule has 0 fully saturated rings. The van der Waals surface area contributed by atoms with Gasteiger partial charge < -0.3 is 0 Å². The monoisotopic (exact) mass is 169 g/mol. The van der Waals surface area contributed by atoms with E-state index in [1.807, 2.05) is 6.07 Å². The Balaban J connectivity index is 2.35. The van der Waals surface area contributed by atoms with Gasteiger partial charge in [0, 0.05) is 5.41 Å². The van der Waals surface area contributed by atoms with Crippen molar-refractivity contribution in [1.29, 1.82) is 0 Å². The fraction of sp³-hybridized carbons (Fsp3) is 0.154. The summed E-state index contributed by atoms with van der Waals surface area (Å²) in [5.74, 6) is 0. The number of hydrogen-bond donors (Lipinski definition) is 0. The lowest BCUT2D eigenvalue weighted by atomic mass is 9.77. The summed E-state index contributed by atoms with van der Waals surface area (Å²) in [6.07, 6.45) is 9.48. The van der Waals surface area contributed by atoms with Crippen LogP contribution in [0.3, 0.4) is 0 Å². The van der Waals surface area contributed by atoms with Gasteiger partial charge in [0.25, 0.3) is 0 Å². The summed E-state index contributed by atoms with van der Waals surface area (Å²) in [5.41, 5.74) is 1.24. The van der Waals surface area contributed by atoms with Crippen LogP contribution in [0.1, 0.15) is 12.0 Å². The molecule has 1 unspecified atom stereocenters. The highest BCUT2D eigenvalue weighted by atomic mass is 14.3. The fourth-order valence-corrected chi connectivity index (χ4v) is 1.65. The van der Waals surface area contributed by atoms with Crippen LogP contribution in [0.2, 0.25) is 0 Å². The van der Waals surface area contributed by atoms with Crippen molar-refractivity contribution in [2.24, 2.45) is 0 Å². The average Bonchev–Trinajstić information content (AvgIpc) is 2.20. The lowest BCUT2D eigenvalue weighted by molar-refractivity contribution is 0.670. The summed E-state index contributed by atoms with van der Waals surface area (Å²) in [5, 5.41) is 0. The Morgan fingerprint density at radius 2 is 1.85 bits per heavy atom. The molecule has 1 aromatic carbocycles. The van der Waals surface area contributed by atoms with Crippen molar-refractivity contribution in [3.63, 3.8) is 0 Å². The van der Waals surface area contributed by atoms with Crippen LogP contribution < -0.4 is 0 Å². The Morgan fingerprint density at radius 3 is 2.46 bits per heavy atom. The molecule has 2 rings (SSSR count). The van der Waals surface area contributed by atoms with Gasteiger partial charge in [0.05, 0.1) is 0 Å². The highest BCUT2D eigenvalue weighted by molar-refractivity contribution is 5.36. The smallest absolute Gasteiger partial charge is 0.0170 e. The van der Waals surface area contributed by atoms with Crippen LogP contribution in [0.5, 0.6) is 0 Å². The zero-order chi connectivity index (χ0) is 9.15. The molecule has 0 spiro atoms. The Morgan fingerprint density at radius 1 is 1.08 bits per heavy atom. The van der Waals surface area contributed by atoms with Gasteiger partial charge in [-0.1, -0.05) is 54.6 Å². The van der Waals surface area contributed by atoms with E-state index in [-0.39, 0.29) is 5.41 Å². The molecule has 0 amide bonds. The third-order valence-electron chi connectivity index (χ3n) is 2.49. The molecule has 0 saturated carbocycles. The highest BCUT2D eigenvalue weighted by Gasteiger charge is 2.22. The van der Waals surface area contributed by atoms with Crippen molar-refractivity contribution >= 4 is 0 Å². The minimum absolute atomic E-state index is 0.0456. The Bertz CT molecular complexity index is 332. The molecule has 0 bridgehead atoms. The van der Waals surface area contributed by atoms with E-state index < -0.39 is 0 Å². The van der Waals surface area contributed by atoms with E-state index in [9.17, 15) is 0 Å². The first kappa shape index (κ1) is 8.31. The largest absolute Gasteiger partial charge is 0.0833 e. The summed E-state index contributed by atoms with van der Waals surface area (Å²) in [6, 6.07) is 10.4. The third-order valence-corrected chi connectivity index (χ3v) is 2.49. The molecule has 0 aliphatic heterocycles. The first-order chi connectivity index (χ1) is 6.31. The molecule has 1 aliphatic rings. The molecule has 0 heterocycles. The fourth-order valence-electron chi connectivity index (χ4n) is 1.65. The van der Waals surface area contributed by atoms with Crippen LogP contribution in [-0.2, 0) is 5.41 Å². The molecular formula is C13H13. The summed E-state index contributed by atoms with van der Waals surface area (Å²) in [6.45, 7) is 4.26. The maximum atomic E-state index is 4.26. The lowest BCUT2D eigenvalue weighted by Gasteiger charge is -2.26. The molecule has 1 aromatic rings. The number of hydrogen-bond acceptors (Lipinski definition) is 0. The molecule has 1 aliphatic carbocycles. The van der Waals surface area contributed by atoms with Crippen molar-refractivity contribution in [3.05, 3.63) is 67.1 Å². The summed E-state index contributed by atoms with van der Waals surface area (Å²) < 4.78 is 0. The van der Waals surface area contributed by atoms with Gasteiger partial charge in [0.15, 0.2) is 0 Å². The van der Waals surface area contributed by atoms with Crippen LogP contribution in [0.15, 0.2) is 54.6 Å². The van der Waals surface area contributed by atoms with Gasteiger partial charge in [-0.15, -0.1) is 0 Å². The predicted molar refractivity (Wildman–Crippen MR) is 56.4 cm³/mol. The van der Waals surface area contributed by atoms with Crippen LogP contribution in [-0.4, -0.2) is 0 Å². The third kappa shape index (κ3) is 1.57. The average molecular weight is 169 g/mol. The summed E-state index contributed by atoms with van der Waals surface area (Å²) in [4.78, 5) is 0. The van der Waals surface area contributed by atoms with Crippen LogP contribution in [0.4, 0.5) is 0 Å². The van der Waals surface area contributed by atoms with E-state index in [4.69, 9.17) is 0 Å². The normalized spacial score (nSPS) is 26.2. The standard InChI is InChI=1S/C13H13/c1-13(10-6-3-7-11-13)12-8-4-2-5-9-12/h2-10H,1,11H2. The zero-order valence-electron chi connectivity index (χ0n) is 7.61. The molecule has 0 nitrogen and oxygen atoms in total. The van der Waals surface area contributed by atoms with Crippen molar-refractivity contribution in [3.8, 4) is 0 Å². The number of rotatable bonds is 1.